The SMILES string of the molecule is C[C@@]1(c2cc(CC(=O)c3ncc(C#N)cc3N)ccc2F)COC(CF)(CF)C(N)=N1. The molecule has 1 aromatic carbocycles. The number of benzene rings is 1. The zero-order valence-corrected chi connectivity index (χ0v) is 16.7. The first-order valence-corrected chi connectivity index (χ1v) is 9.27. The Kier molecular flexibility index (Phi) is 5.99. The number of carbonyl (C=O) groups excluding carboxylic acids is 1. The van der Waals surface area contributed by atoms with Crippen molar-refractivity contribution in [2.45, 2.75) is 24.5 Å². The molecule has 1 aliphatic heterocycles. The van der Waals surface area contributed by atoms with Crippen LogP contribution in [0.2, 0.25) is 0 Å². The lowest BCUT2D eigenvalue weighted by Gasteiger charge is -2.39. The first-order chi connectivity index (χ1) is 14.7. The molecule has 162 valence electrons. The molecule has 2 aromatic rings. The van der Waals surface area contributed by atoms with Gasteiger partial charge in [-0.1, -0.05) is 6.07 Å². The Morgan fingerprint density at radius 3 is 2.58 bits per heavy atom. The summed E-state index contributed by atoms with van der Waals surface area (Å²) in [7, 11) is 0. The van der Waals surface area contributed by atoms with Crippen LogP contribution in [-0.2, 0) is 16.7 Å². The number of hydrogen-bond acceptors (Lipinski definition) is 7. The number of halogens is 3. The molecule has 0 aliphatic carbocycles. The lowest BCUT2D eigenvalue weighted by molar-refractivity contribution is -0.0575. The molecule has 1 aromatic heterocycles. The fourth-order valence-corrected chi connectivity index (χ4v) is 3.28. The van der Waals surface area contributed by atoms with Crippen molar-refractivity contribution < 1.29 is 22.7 Å². The summed E-state index contributed by atoms with van der Waals surface area (Å²) in [6, 6.07) is 7.23. The molecule has 7 nitrogen and oxygen atoms in total. The van der Waals surface area contributed by atoms with E-state index >= 15 is 0 Å². The number of Topliss-reactive ketones (excluding diaryl/α,β-unsaturated/α-hetero) is 1. The summed E-state index contributed by atoms with van der Waals surface area (Å²) in [6.45, 7) is -1.19. The second kappa shape index (κ2) is 8.35. The third-order valence-corrected chi connectivity index (χ3v) is 5.18. The van der Waals surface area contributed by atoms with Gasteiger partial charge in [-0.05, 0) is 30.7 Å². The minimum absolute atomic E-state index is 0.00460. The number of carbonyl (C=O) groups is 1. The molecule has 0 bridgehead atoms. The topological polar surface area (TPSA) is 127 Å². The fraction of sp³-hybridized carbons (Fsp3) is 0.333. The first-order valence-electron chi connectivity index (χ1n) is 9.27. The second-order valence-corrected chi connectivity index (χ2v) is 7.51. The van der Waals surface area contributed by atoms with Crippen LogP contribution in [0, 0.1) is 17.1 Å². The van der Waals surface area contributed by atoms with Gasteiger partial charge in [-0.3, -0.25) is 9.79 Å². The molecule has 1 atom stereocenters. The predicted molar refractivity (Wildman–Crippen MR) is 107 cm³/mol. The van der Waals surface area contributed by atoms with Gasteiger partial charge in [-0.25, -0.2) is 18.2 Å². The zero-order chi connectivity index (χ0) is 22.8. The summed E-state index contributed by atoms with van der Waals surface area (Å²) in [5, 5.41) is 8.88. The Morgan fingerprint density at radius 2 is 2.00 bits per heavy atom. The van der Waals surface area contributed by atoms with Gasteiger partial charge in [-0.15, -0.1) is 0 Å². The molecule has 2 heterocycles. The maximum absolute atomic E-state index is 14.6. The lowest BCUT2D eigenvalue weighted by Crippen LogP contribution is -2.56. The van der Waals surface area contributed by atoms with Crippen molar-refractivity contribution in [3.05, 3.63) is 58.7 Å². The van der Waals surface area contributed by atoms with Crippen LogP contribution in [0.3, 0.4) is 0 Å². The van der Waals surface area contributed by atoms with E-state index in [0.717, 1.165) is 6.07 Å². The standard InChI is InChI=1S/C21H20F3N5O2/c1-20(11-31-21(9-22,10-23)19(27)29-20)14-4-12(2-3-15(14)24)6-17(30)18-16(26)5-13(7-25)8-28-18/h2-5,8H,6,9-11,26H2,1H3,(H2,27,29)/t20-/m0/s1. The fourth-order valence-electron chi connectivity index (χ4n) is 3.28. The molecule has 0 unspecified atom stereocenters. The molecule has 4 N–H and O–H groups in total. The maximum atomic E-state index is 14.6. The Balaban J connectivity index is 1.92. The lowest BCUT2D eigenvalue weighted by atomic mass is 9.88. The van der Waals surface area contributed by atoms with Gasteiger partial charge in [0.2, 0.25) is 0 Å². The number of nitrogens with two attached hydrogens (primary N) is 2. The minimum atomic E-state index is -1.97. The molecule has 3 rings (SSSR count). The van der Waals surface area contributed by atoms with Crippen LogP contribution in [0.4, 0.5) is 18.9 Å². The Bertz CT molecular complexity index is 1090. The molecule has 31 heavy (non-hydrogen) atoms. The Labute approximate surface area is 176 Å². The summed E-state index contributed by atoms with van der Waals surface area (Å²) in [5.41, 5.74) is 9.03. The number of ether oxygens (including phenoxy) is 1. The molecule has 0 saturated heterocycles. The highest BCUT2D eigenvalue weighted by Crippen LogP contribution is 2.35. The number of nitriles is 1. The molecule has 10 heteroatoms. The van der Waals surface area contributed by atoms with E-state index in [1.54, 1.807) is 0 Å². The van der Waals surface area contributed by atoms with Gasteiger partial charge in [0.25, 0.3) is 0 Å². The van der Waals surface area contributed by atoms with Crippen LogP contribution in [0.5, 0.6) is 0 Å². The molecular formula is C21H20F3N5O2. The van der Waals surface area contributed by atoms with Crippen LogP contribution in [0.25, 0.3) is 0 Å². The van der Waals surface area contributed by atoms with Crippen molar-refractivity contribution in [2.75, 3.05) is 25.7 Å². The second-order valence-electron chi connectivity index (χ2n) is 7.51. The van der Waals surface area contributed by atoms with E-state index in [2.05, 4.69) is 9.98 Å². The van der Waals surface area contributed by atoms with Gasteiger partial charge in [-0.2, -0.15) is 5.26 Å². The van der Waals surface area contributed by atoms with Crippen molar-refractivity contribution in [1.82, 2.24) is 4.98 Å². The third kappa shape index (κ3) is 4.09. The third-order valence-electron chi connectivity index (χ3n) is 5.18. The number of nitrogen functional groups attached to an aromatic ring is 1. The van der Waals surface area contributed by atoms with Gasteiger partial charge in [0.1, 0.15) is 42.3 Å². The van der Waals surface area contributed by atoms with Crippen LogP contribution in [0.1, 0.15) is 34.1 Å². The van der Waals surface area contributed by atoms with E-state index in [1.165, 1.54) is 31.3 Å². The van der Waals surface area contributed by atoms with Gasteiger partial charge >= 0.3 is 0 Å². The average molecular weight is 431 g/mol. The van der Waals surface area contributed by atoms with Crippen LogP contribution < -0.4 is 11.5 Å². The molecular weight excluding hydrogens is 411 g/mol. The quantitative estimate of drug-likeness (QED) is 0.676. The molecule has 1 aliphatic rings. The molecule has 0 radical (unpaired) electrons. The number of pyridine rings is 1. The number of amidine groups is 1. The number of hydrogen-bond donors (Lipinski definition) is 2. The van der Waals surface area contributed by atoms with Gasteiger partial charge in [0, 0.05) is 18.2 Å². The molecule has 0 fully saturated rings. The number of rotatable bonds is 6. The van der Waals surface area contributed by atoms with E-state index in [4.69, 9.17) is 21.5 Å². The molecule has 0 saturated carbocycles. The minimum Gasteiger partial charge on any atom is -0.397 e. The summed E-state index contributed by atoms with van der Waals surface area (Å²) in [6.07, 6.45) is 1.09. The highest BCUT2D eigenvalue weighted by atomic mass is 19.1. The highest BCUT2D eigenvalue weighted by molar-refractivity contribution is 6.00. The average Bonchev–Trinajstić information content (AvgIpc) is 2.75. The van der Waals surface area contributed by atoms with Crippen molar-refractivity contribution in [3.63, 3.8) is 0 Å². The number of anilines is 1. The number of ketones is 1. The largest absolute Gasteiger partial charge is 0.397 e. The summed E-state index contributed by atoms with van der Waals surface area (Å²) < 4.78 is 46.6. The van der Waals surface area contributed by atoms with E-state index in [0.29, 0.717) is 5.56 Å². The van der Waals surface area contributed by atoms with Gasteiger partial charge < -0.3 is 16.2 Å². The molecule has 0 spiro atoms. The van der Waals surface area contributed by atoms with Gasteiger partial charge in [0.05, 0.1) is 17.9 Å². The normalized spacial score (nSPS) is 20.0. The summed E-state index contributed by atoms with van der Waals surface area (Å²) in [5.74, 6) is -1.47. The highest BCUT2D eigenvalue weighted by Gasteiger charge is 2.45. The van der Waals surface area contributed by atoms with Crippen molar-refractivity contribution in [2.24, 2.45) is 10.7 Å². The predicted octanol–water partition coefficient (Wildman–Crippen LogP) is 2.38. The first kappa shape index (κ1) is 22.2. The van der Waals surface area contributed by atoms with Crippen molar-refractivity contribution >= 4 is 17.3 Å². The van der Waals surface area contributed by atoms with Crippen LogP contribution in [-0.4, -0.2) is 42.2 Å². The number of nitrogens with zero attached hydrogens (tertiary/aromatic N) is 3. The van der Waals surface area contributed by atoms with E-state index in [9.17, 15) is 18.0 Å². The number of aliphatic imine (C=N–C) groups is 1. The van der Waals surface area contributed by atoms with Crippen molar-refractivity contribution in [3.8, 4) is 6.07 Å². The molecule has 0 amide bonds. The van der Waals surface area contributed by atoms with Crippen LogP contribution in [0.15, 0.2) is 35.5 Å². The Morgan fingerprint density at radius 1 is 1.29 bits per heavy atom. The number of aromatic nitrogens is 1. The van der Waals surface area contributed by atoms with Crippen molar-refractivity contribution in [1.29, 1.82) is 5.26 Å². The van der Waals surface area contributed by atoms with E-state index in [1.807, 2.05) is 6.07 Å². The summed E-state index contributed by atoms with van der Waals surface area (Å²) in [4.78, 5) is 20.7. The smallest absolute Gasteiger partial charge is 0.187 e. The number of alkyl halides is 2. The van der Waals surface area contributed by atoms with Crippen LogP contribution >= 0.6 is 0 Å². The van der Waals surface area contributed by atoms with E-state index < -0.39 is 41.9 Å². The monoisotopic (exact) mass is 431 g/mol. The van der Waals surface area contributed by atoms with Gasteiger partial charge in [0.15, 0.2) is 11.4 Å². The zero-order valence-electron chi connectivity index (χ0n) is 16.7. The Hall–Kier alpha value is -3.45. The maximum Gasteiger partial charge on any atom is 0.187 e. The van der Waals surface area contributed by atoms with E-state index in [-0.39, 0.29) is 35.5 Å². The summed E-state index contributed by atoms with van der Waals surface area (Å²) >= 11 is 0.